The van der Waals surface area contributed by atoms with Crippen LogP contribution in [-0.2, 0) is 16.1 Å². The maximum atomic E-state index is 12.0. The van der Waals surface area contributed by atoms with Gasteiger partial charge in [-0.1, -0.05) is 0 Å². The molecular weight excluding hydrogens is 208 g/mol. The summed E-state index contributed by atoms with van der Waals surface area (Å²) in [6.07, 6.45) is 1.71. The molecule has 1 aliphatic rings. The number of ether oxygens (including phenoxy) is 1. The topological polar surface area (TPSA) is 73.4 Å². The van der Waals surface area contributed by atoms with Crippen molar-refractivity contribution in [3.05, 3.63) is 12.3 Å². The quantitative estimate of drug-likeness (QED) is 0.749. The average molecular weight is 224 g/mol. The van der Waals surface area contributed by atoms with Gasteiger partial charge in [-0.15, -0.1) is 0 Å². The molecule has 1 fully saturated rings. The minimum atomic E-state index is 0.0545. The first-order valence-electron chi connectivity index (χ1n) is 5.33. The number of hydrogen-bond donors (Lipinski definition) is 1. The van der Waals surface area contributed by atoms with Crippen LogP contribution in [0.4, 0.5) is 5.82 Å². The number of carbonyl (C=O) groups excluding carboxylic acids is 1. The van der Waals surface area contributed by atoms with Gasteiger partial charge in [0.1, 0.15) is 12.4 Å². The molecule has 0 unspecified atom stereocenters. The van der Waals surface area contributed by atoms with E-state index in [2.05, 4.69) is 5.10 Å². The summed E-state index contributed by atoms with van der Waals surface area (Å²) in [6, 6.07) is 1.81. The zero-order chi connectivity index (χ0) is 11.5. The molecule has 88 valence electrons. The fraction of sp³-hybridized carbons (Fsp3) is 0.600. The fourth-order valence-corrected chi connectivity index (χ4v) is 1.79. The van der Waals surface area contributed by atoms with Crippen molar-refractivity contribution in [2.75, 3.05) is 25.5 Å². The van der Waals surface area contributed by atoms with Gasteiger partial charge in [-0.2, -0.15) is 5.10 Å². The molecule has 2 rings (SSSR count). The Hall–Kier alpha value is -1.56. The standard InChI is InChI=1S/C10H16N4O2/c1-8-7-16-5-4-14(8)10(15)6-13-3-2-9(11)12-13/h2-3,8H,4-7H2,1H3,(H2,11,12)/t8-/m1/s1. The molecule has 0 aliphatic carbocycles. The highest BCUT2D eigenvalue weighted by molar-refractivity contribution is 5.76. The molecule has 0 aromatic carbocycles. The van der Waals surface area contributed by atoms with Crippen molar-refractivity contribution in [2.24, 2.45) is 0 Å². The van der Waals surface area contributed by atoms with Gasteiger partial charge in [-0.25, -0.2) is 0 Å². The van der Waals surface area contributed by atoms with Gasteiger partial charge in [0.25, 0.3) is 0 Å². The second-order valence-electron chi connectivity index (χ2n) is 3.95. The lowest BCUT2D eigenvalue weighted by Gasteiger charge is -2.33. The van der Waals surface area contributed by atoms with Crippen LogP contribution in [0.1, 0.15) is 6.92 Å². The van der Waals surface area contributed by atoms with E-state index in [1.807, 2.05) is 11.8 Å². The van der Waals surface area contributed by atoms with Crippen LogP contribution >= 0.6 is 0 Å². The summed E-state index contributed by atoms with van der Waals surface area (Å²) in [4.78, 5) is 13.8. The Labute approximate surface area is 94.0 Å². The molecule has 1 amide bonds. The van der Waals surface area contributed by atoms with Gasteiger partial charge in [0.05, 0.1) is 19.3 Å². The Balaban J connectivity index is 1.96. The van der Waals surface area contributed by atoms with E-state index in [4.69, 9.17) is 10.5 Å². The number of hydrogen-bond acceptors (Lipinski definition) is 4. The Morgan fingerprint density at radius 1 is 1.75 bits per heavy atom. The summed E-state index contributed by atoms with van der Waals surface area (Å²) in [5.74, 6) is 0.488. The zero-order valence-corrected chi connectivity index (χ0v) is 9.30. The van der Waals surface area contributed by atoms with Crippen LogP contribution in [0.3, 0.4) is 0 Å². The van der Waals surface area contributed by atoms with E-state index in [9.17, 15) is 4.79 Å². The Kier molecular flexibility index (Phi) is 3.09. The van der Waals surface area contributed by atoms with Crippen LogP contribution in [0.2, 0.25) is 0 Å². The largest absolute Gasteiger partial charge is 0.382 e. The summed E-state index contributed by atoms with van der Waals surface area (Å²) in [5.41, 5.74) is 5.48. The number of morpholine rings is 1. The lowest BCUT2D eigenvalue weighted by atomic mass is 10.2. The highest BCUT2D eigenvalue weighted by atomic mass is 16.5. The molecule has 6 heteroatoms. The third-order valence-corrected chi connectivity index (χ3v) is 2.65. The number of rotatable bonds is 2. The molecule has 1 aromatic heterocycles. The summed E-state index contributed by atoms with van der Waals surface area (Å²) in [7, 11) is 0. The molecule has 0 spiro atoms. The molecule has 2 heterocycles. The number of nitrogens with two attached hydrogens (primary N) is 1. The predicted octanol–water partition coefficient (Wildman–Crippen LogP) is -0.287. The van der Waals surface area contributed by atoms with Crippen LogP contribution < -0.4 is 5.73 Å². The minimum Gasteiger partial charge on any atom is -0.382 e. The summed E-state index contributed by atoms with van der Waals surface area (Å²) < 4.78 is 6.84. The molecule has 6 nitrogen and oxygen atoms in total. The Bertz CT molecular complexity index is 377. The minimum absolute atomic E-state index is 0.0545. The number of nitrogen functional groups attached to an aromatic ring is 1. The van der Waals surface area contributed by atoms with Crippen molar-refractivity contribution in [3.8, 4) is 0 Å². The third-order valence-electron chi connectivity index (χ3n) is 2.65. The maximum Gasteiger partial charge on any atom is 0.244 e. The molecule has 16 heavy (non-hydrogen) atoms. The van der Waals surface area contributed by atoms with Crippen LogP contribution in [0, 0.1) is 0 Å². The predicted molar refractivity (Wildman–Crippen MR) is 58.6 cm³/mol. The van der Waals surface area contributed by atoms with Gasteiger partial charge in [-0.3, -0.25) is 9.48 Å². The molecule has 0 bridgehead atoms. The van der Waals surface area contributed by atoms with Crippen LogP contribution in [0.5, 0.6) is 0 Å². The van der Waals surface area contributed by atoms with E-state index < -0.39 is 0 Å². The number of anilines is 1. The molecular formula is C10H16N4O2. The number of aromatic nitrogens is 2. The lowest BCUT2D eigenvalue weighted by molar-refractivity contribution is -0.139. The molecule has 1 saturated heterocycles. The van der Waals surface area contributed by atoms with Gasteiger partial charge in [0.2, 0.25) is 5.91 Å². The summed E-state index contributed by atoms with van der Waals surface area (Å²) >= 11 is 0. The van der Waals surface area contributed by atoms with Crippen molar-refractivity contribution < 1.29 is 9.53 Å². The van der Waals surface area contributed by atoms with Gasteiger partial charge in [0, 0.05) is 12.7 Å². The summed E-state index contributed by atoms with van der Waals surface area (Å²) in [6.45, 7) is 4.08. The Morgan fingerprint density at radius 2 is 2.56 bits per heavy atom. The van der Waals surface area contributed by atoms with Crippen molar-refractivity contribution in [1.82, 2.24) is 14.7 Å². The molecule has 1 aliphatic heterocycles. The molecule has 1 atom stereocenters. The first-order chi connectivity index (χ1) is 7.66. The maximum absolute atomic E-state index is 12.0. The van der Waals surface area contributed by atoms with Gasteiger partial charge < -0.3 is 15.4 Å². The second-order valence-corrected chi connectivity index (χ2v) is 3.95. The highest BCUT2D eigenvalue weighted by Gasteiger charge is 2.23. The van der Waals surface area contributed by atoms with E-state index in [-0.39, 0.29) is 18.5 Å². The van der Waals surface area contributed by atoms with Crippen LogP contribution in [0.25, 0.3) is 0 Å². The molecule has 0 radical (unpaired) electrons. The zero-order valence-electron chi connectivity index (χ0n) is 9.30. The van der Waals surface area contributed by atoms with Crippen molar-refractivity contribution >= 4 is 11.7 Å². The van der Waals surface area contributed by atoms with Crippen molar-refractivity contribution in [3.63, 3.8) is 0 Å². The normalized spacial score (nSPS) is 21.1. The molecule has 0 saturated carbocycles. The lowest BCUT2D eigenvalue weighted by Crippen LogP contribution is -2.48. The number of nitrogens with zero attached hydrogens (tertiary/aromatic N) is 3. The van der Waals surface area contributed by atoms with E-state index >= 15 is 0 Å². The Morgan fingerprint density at radius 3 is 3.19 bits per heavy atom. The number of amides is 1. The van der Waals surface area contributed by atoms with Crippen LogP contribution in [0.15, 0.2) is 12.3 Å². The van der Waals surface area contributed by atoms with Crippen molar-refractivity contribution in [1.29, 1.82) is 0 Å². The average Bonchev–Trinajstić information content (AvgIpc) is 2.64. The van der Waals surface area contributed by atoms with Gasteiger partial charge in [0.15, 0.2) is 0 Å². The summed E-state index contributed by atoms with van der Waals surface area (Å²) in [5, 5.41) is 3.99. The van der Waals surface area contributed by atoms with E-state index in [0.717, 1.165) is 0 Å². The van der Waals surface area contributed by atoms with Gasteiger partial charge >= 0.3 is 0 Å². The molecule has 1 aromatic rings. The van der Waals surface area contributed by atoms with E-state index in [1.165, 1.54) is 0 Å². The SMILES string of the molecule is C[C@@H]1COCCN1C(=O)Cn1ccc(N)n1. The number of carbonyl (C=O) groups is 1. The fourth-order valence-electron chi connectivity index (χ4n) is 1.79. The third kappa shape index (κ3) is 2.33. The highest BCUT2D eigenvalue weighted by Crippen LogP contribution is 2.07. The smallest absolute Gasteiger partial charge is 0.244 e. The first-order valence-corrected chi connectivity index (χ1v) is 5.33. The second kappa shape index (κ2) is 4.52. The van der Waals surface area contributed by atoms with E-state index in [1.54, 1.807) is 16.9 Å². The van der Waals surface area contributed by atoms with E-state index in [0.29, 0.717) is 25.6 Å². The van der Waals surface area contributed by atoms with Crippen LogP contribution in [-0.4, -0.2) is 46.4 Å². The first kappa shape index (κ1) is 10.9. The molecule has 2 N–H and O–H groups in total. The monoisotopic (exact) mass is 224 g/mol. The van der Waals surface area contributed by atoms with Crippen molar-refractivity contribution in [2.45, 2.75) is 19.5 Å². The van der Waals surface area contributed by atoms with Gasteiger partial charge in [-0.05, 0) is 13.0 Å².